The minimum absolute atomic E-state index is 0.157. The maximum Gasteiger partial charge on any atom is 0.290 e. The van der Waals surface area contributed by atoms with Crippen LogP contribution in [0.3, 0.4) is 0 Å². The van der Waals surface area contributed by atoms with Crippen molar-refractivity contribution in [3.63, 3.8) is 0 Å². The van der Waals surface area contributed by atoms with Crippen molar-refractivity contribution in [2.45, 2.75) is 58.4 Å². The van der Waals surface area contributed by atoms with E-state index in [9.17, 15) is 14.7 Å². The quantitative estimate of drug-likeness (QED) is 0.700. The van der Waals surface area contributed by atoms with Gasteiger partial charge in [0.15, 0.2) is 11.5 Å². The van der Waals surface area contributed by atoms with Gasteiger partial charge in [0.05, 0.1) is 11.3 Å². The molecule has 24 heavy (non-hydrogen) atoms. The topological polar surface area (TPSA) is 70.5 Å². The Balaban J connectivity index is 2.11. The molecule has 0 spiro atoms. The smallest absolute Gasteiger partial charge is 0.290 e. The van der Waals surface area contributed by atoms with Gasteiger partial charge >= 0.3 is 0 Å². The van der Waals surface area contributed by atoms with Crippen LogP contribution in [0.2, 0.25) is 0 Å². The fourth-order valence-corrected chi connectivity index (χ4v) is 3.15. The predicted octanol–water partition coefficient (Wildman–Crippen LogP) is 3.73. The highest BCUT2D eigenvalue weighted by Gasteiger charge is 2.42. The largest absolute Gasteiger partial charge is 0.503 e. The number of nitrogens with zero attached hydrogens (tertiary/aromatic N) is 2. The first kappa shape index (κ1) is 18.2. The molecule has 130 valence electrons. The molecule has 2 rings (SSSR count). The summed E-state index contributed by atoms with van der Waals surface area (Å²) in [6.07, 6.45) is 8.31. The lowest BCUT2D eigenvalue weighted by molar-refractivity contribution is -0.129. The zero-order chi connectivity index (χ0) is 17.5. The number of aliphatic hydroxyl groups is 1. The summed E-state index contributed by atoms with van der Waals surface area (Å²) in [5.74, 6) is -1.18. The second kappa shape index (κ2) is 8.62. The maximum absolute atomic E-state index is 12.4. The normalized spacial score (nSPS) is 17.7. The molecule has 1 aromatic rings. The SMILES string of the molecule is CCCCCCCCN1C(=O)C(O)=C(C(C)=O)[C@H]1c1ccccn1. The van der Waals surface area contributed by atoms with Crippen LogP contribution in [0.4, 0.5) is 0 Å². The number of ketones is 1. The number of pyridine rings is 1. The Morgan fingerprint density at radius 3 is 2.54 bits per heavy atom. The van der Waals surface area contributed by atoms with Gasteiger partial charge in [-0.3, -0.25) is 14.6 Å². The van der Waals surface area contributed by atoms with Gasteiger partial charge in [0, 0.05) is 12.7 Å². The molecule has 5 nitrogen and oxygen atoms in total. The summed E-state index contributed by atoms with van der Waals surface area (Å²) < 4.78 is 0. The summed E-state index contributed by atoms with van der Waals surface area (Å²) in [7, 11) is 0. The van der Waals surface area contributed by atoms with Crippen molar-refractivity contribution in [1.82, 2.24) is 9.88 Å². The van der Waals surface area contributed by atoms with Crippen LogP contribution in [0.5, 0.6) is 0 Å². The zero-order valence-corrected chi connectivity index (χ0v) is 14.5. The lowest BCUT2D eigenvalue weighted by atomic mass is 10.0. The van der Waals surface area contributed by atoms with Gasteiger partial charge in [-0.2, -0.15) is 0 Å². The van der Waals surface area contributed by atoms with E-state index < -0.39 is 17.7 Å². The zero-order valence-electron chi connectivity index (χ0n) is 14.5. The highest BCUT2D eigenvalue weighted by Crippen LogP contribution is 2.36. The molecular weight excluding hydrogens is 304 g/mol. The number of carbonyl (C=O) groups is 2. The Bertz CT molecular complexity index is 610. The van der Waals surface area contributed by atoms with Crippen molar-refractivity contribution in [3.8, 4) is 0 Å². The van der Waals surface area contributed by atoms with Crippen molar-refractivity contribution >= 4 is 11.7 Å². The Morgan fingerprint density at radius 1 is 1.21 bits per heavy atom. The highest BCUT2D eigenvalue weighted by molar-refractivity contribution is 6.07. The van der Waals surface area contributed by atoms with E-state index in [1.54, 1.807) is 23.2 Å². The summed E-state index contributed by atoms with van der Waals surface area (Å²) in [6, 6.07) is 4.82. The van der Waals surface area contributed by atoms with Gasteiger partial charge in [0.25, 0.3) is 5.91 Å². The van der Waals surface area contributed by atoms with Crippen LogP contribution in [0.25, 0.3) is 0 Å². The van der Waals surface area contributed by atoms with Crippen molar-refractivity contribution < 1.29 is 14.7 Å². The number of amides is 1. The lowest BCUT2D eigenvalue weighted by Crippen LogP contribution is -2.32. The average Bonchev–Trinajstić information content (AvgIpc) is 2.83. The van der Waals surface area contributed by atoms with Crippen LogP contribution in [0, 0.1) is 0 Å². The van der Waals surface area contributed by atoms with Crippen molar-refractivity contribution in [2.75, 3.05) is 6.54 Å². The molecular formula is C19H26N2O3. The Hall–Kier alpha value is -2.17. The van der Waals surface area contributed by atoms with Crippen molar-refractivity contribution in [2.24, 2.45) is 0 Å². The molecule has 2 heterocycles. The first-order valence-corrected chi connectivity index (χ1v) is 8.73. The molecule has 1 amide bonds. The van der Waals surface area contributed by atoms with E-state index in [0.717, 1.165) is 19.3 Å². The summed E-state index contributed by atoms with van der Waals surface area (Å²) in [5, 5.41) is 10.1. The first-order valence-electron chi connectivity index (χ1n) is 8.73. The predicted molar refractivity (Wildman–Crippen MR) is 92.4 cm³/mol. The van der Waals surface area contributed by atoms with Crippen LogP contribution in [0.1, 0.15) is 64.1 Å². The Morgan fingerprint density at radius 2 is 1.92 bits per heavy atom. The number of hydrogen-bond acceptors (Lipinski definition) is 4. The second-order valence-corrected chi connectivity index (χ2v) is 6.24. The molecule has 0 saturated carbocycles. The summed E-state index contributed by atoms with van der Waals surface area (Å²) in [5.41, 5.74) is 0.774. The summed E-state index contributed by atoms with van der Waals surface area (Å²) >= 11 is 0. The number of hydrogen-bond donors (Lipinski definition) is 1. The molecule has 0 saturated heterocycles. The number of Topliss-reactive ketones (excluding diaryl/α,β-unsaturated/α-hetero) is 1. The lowest BCUT2D eigenvalue weighted by Gasteiger charge is -2.25. The van der Waals surface area contributed by atoms with E-state index >= 15 is 0 Å². The third-order valence-electron chi connectivity index (χ3n) is 4.40. The van der Waals surface area contributed by atoms with Gasteiger partial charge in [-0.25, -0.2) is 0 Å². The minimum Gasteiger partial charge on any atom is -0.503 e. The van der Waals surface area contributed by atoms with E-state index in [4.69, 9.17) is 0 Å². The van der Waals surface area contributed by atoms with Gasteiger partial charge in [0.2, 0.25) is 0 Å². The van der Waals surface area contributed by atoms with Gasteiger partial charge in [-0.1, -0.05) is 45.1 Å². The molecule has 0 aromatic carbocycles. The summed E-state index contributed by atoms with van der Waals surface area (Å²) in [4.78, 5) is 30.2. The third-order valence-corrected chi connectivity index (χ3v) is 4.40. The highest BCUT2D eigenvalue weighted by atomic mass is 16.3. The Kier molecular flexibility index (Phi) is 6.53. The van der Waals surface area contributed by atoms with Gasteiger partial charge < -0.3 is 10.0 Å². The number of aromatic nitrogens is 1. The van der Waals surface area contributed by atoms with E-state index in [2.05, 4.69) is 11.9 Å². The summed E-state index contributed by atoms with van der Waals surface area (Å²) in [6.45, 7) is 4.08. The van der Waals surface area contributed by atoms with Gasteiger partial charge in [-0.15, -0.1) is 0 Å². The second-order valence-electron chi connectivity index (χ2n) is 6.24. The monoisotopic (exact) mass is 330 g/mol. The van der Waals surface area contributed by atoms with E-state index in [1.165, 1.54) is 26.2 Å². The molecule has 0 aliphatic carbocycles. The number of aliphatic hydroxyl groups excluding tert-OH is 1. The molecule has 1 aliphatic rings. The third kappa shape index (κ3) is 4.02. The molecule has 1 atom stereocenters. The molecule has 0 radical (unpaired) electrons. The number of carbonyl (C=O) groups excluding carboxylic acids is 2. The van der Waals surface area contributed by atoms with E-state index in [0.29, 0.717) is 12.2 Å². The van der Waals surface area contributed by atoms with Crippen LogP contribution in [-0.4, -0.2) is 33.2 Å². The van der Waals surface area contributed by atoms with Gasteiger partial charge in [0.1, 0.15) is 6.04 Å². The number of rotatable bonds is 9. The van der Waals surface area contributed by atoms with Crippen LogP contribution < -0.4 is 0 Å². The molecule has 5 heteroatoms. The first-order chi connectivity index (χ1) is 11.6. The molecule has 1 N–H and O–H groups in total. The number of unbranched alkanes of at least 4 members (excludes halogenated alkanes) is 5. The van der Waals surface area contributed by atoms with Gasteiger partial charge in [-0.05, 0) is 25.5 Å². The van der Waals surface area contributed by atoms with Crippen LogP contribution >= 0.6 is 0 Å². The molecule has 0 fully saturated rings. The molecule has 0 unspecified atom stereocenters. The minimum atomic E-state index is -0.577. The Labute approximate surface area is 143 Å². The fraction of sp³-hybridized carbons (Fsp3) is 0.526. The van der Waals surface area contributed by atoms with Crippen LogP contribution in [-0.2, 0) is 9.59 Å². The average molecular weight is 330 g/mol. The fourth-order valence-electron chi connectivity index (χ4n) is 3.15. The molecule has 1 aliphatic heterocycles. The molecule has 1 aromatic heterocycles. The van der Waals surface area contributed by atoms with E-state index in [1.807, 2.05) is 6.07 Å². The van der Waals surface area contributed by atoms with Crippen molar-refractivity contribution in [1.29, 1.82) is 0 Å². The molecule has 0 bridgehead atoms. The van der Waals surface area contributed by atoms with Crippen LogP contribution in [0.15, 0.2) is 35.7 Å². The van der Waals surface area contributed by atoms with E-state index in [-0.39, 0.29) is 11.4 Å². The maximum atomic E-state index is 12.4. The standard InChI is InChI=1S/C19H26N2O3/c1-3-4-5-6-7-10-13-21-17(15-11-8-9-12-20-15)16(14(2)22)18(23)19(21)24/h8-9,11-12,17,23H,3-7,10,13H2,1-2H3/t17-/m1/s1. The van der Waals surface area contributed by atoms with Crippen molar-refractivity contribution in [3.05, 3.63) is 41.4 Å².